The number of fused-ring (bicyclic) bond motifs is 3. The van der Waals surface area contributed by atoms with E-state index in [1.807, 2.05) is 34.9 Å². The minimum atomic E-state index is -3.08. The lowest BCUT2D eigenvalue weighted by atomic mass is 9.63. The van der Waals surface area contributed by atoms with Crippen LogP contribution in [0.2, 0.25) is 5.02 Å². The summed E-state index contributed by atoms with van der Waals surface area (Å²) in [6.07, 6.45) is 2.07. The SMILES string of the molecule is CS(=O)(=O)CCCn1c(CN2c3ccccc3[C@]3(C[C@@H](O)C3)C2=O)nc2cc(Cl)ccc21. The highest BCUT2D eigenvalue weighted by Gasteiger charge is 2.58. The predicted octanol–water partition coefficient (Wildman–Crippen LogP) is 3.06. The maximum atomic E-state index is 13.5. The van der Waals surface area contributed by atoms with E-state index in [4.69, 9.17) is 16.6 Å². The van der Waals surface area contributed by atoms with Crippen LogP contribution in [-0.2, 0) is 33.1 Å². The van der Waals surface area contributed by atoms with Crippen LogP contribution in [0.15, 0.2) is 42.5 Å². The van der Waals surface area contributed by atoms with Crippen molar-refractivity contribution in [2.24, 2.45) is 0 Å². The molecule has 2 heterocycles. The average Bonchev–Trinajstić information content (AvgIpc) is 3.15. The molecular weight excluding hydrogens is 450 g/mol. The number of aliphatic hydroxyl groups excluding tert-OH is 1. The van der Waals surface area contributed by atoms with Gasteiger partial charge in [0.25, 0.3) is 0 Å². The number of rotatable bonds is 6. The van der Waals surface area contributed by atoms with Gasteiger partial charge < -0.3 is 14.6 Å². The van der Waals surface area contributed by atoms with Crippen LogP contribution < -0.4 is 4.90 Å². The first-order valence-electron chi connectivity index (χ1n) is 10.6. The number of sulfone groups is 1. The summed E-state index contributed by atoms with van der Waals surface area (Å²) in [5.41, 5.74) is 2.70. The number of carbonyl (C=O) groups is 1. The number of hydrogen-bond acceptors (Lipinski definition) is 5. The Morgan fingerprint density at radius 3 is 2.69 bits per heavy atom. The second kappa shape index (κ2) is 7.57. The number of benzene rings is 2. The van der Waals surface area contributed by atoms with Crippen LogP contribution in [0.25, 0.3) is 11.0 Å². The molecule has 7 nitrogen and oxygen atoms in total. The minimum Gasteiger partial charge on any atom is -0.393 e. The topological polar surface area (TPSA) is 92.5 Å². The van der Waals surface area contributed by atoms with Gasteiger partial charge in [0.2, 0.25) is 5.91 Å². The minimum absolute atomic E-state index is 0.0169. The number of para-hydroxylation sites is 1. The third-order valence-corrected chi connectivity index (χ3v) is 7.78. The van der Waals surface area contributed by atoms with Gasteiger partial charge in [0.15, 0.2) is 0 Å². The lowest BCUT2D eigenvalue weighted by Gasteiger charge is -2.41. The van der Waals surface area contributed by atoms with Gasteiger partial charge in [0.05, 0.1) is 34.8 Å². The zero-order valence-corrected chi connectivity index (χ0v) is 19.2. The van der Waals surface area contributed by atoms with E-state index >= 15 is 0 Å². The number of imidazole rings is 1. The summed E-state index contributed by atoms with van der Waals surface area (Å²) in [4.78, 5) is 20.0. The molecule has 1 aliphatic heterocycles. The lowest BCUT2D eigenvalue weighted by molar-refractivity contribution is -0.131. The van der Waals surface area contributed by atoms with Crippen LogP contribution in [0.4, 0.5) is 5.69 Å². The largest absolute Gasteiger partial charge is 0.393 e. The fourth-order valence-corrected chi connectivity index (χ4v) is 5.86. The second-order valence-corrected chi connectivity index (χ2v) is 11.5. The van der Waals surface area contributed by atoms with E-state index in [-0.39, 0.29) is 18.2 Å². The monoisotopic (exact) mass is 473 g/mol. The zero-order valence-electron chi connectivity index (χ0n) is 17.7. The first-order chi connectivity index (χ1) is 15.2. The second-order valence-electron chi connectivity index (χ2n) is 8.85. The molecule has 0 bridgehead atoms. The molecule has 0 unspecified atom stereocenters. The molecule has 3 aromatic rings. The molecular formula is C23H24ClN3O4S. The van der Waals surface area contributed by atoms with Crippen molar-refractivity contribution in [3.05, 3.63) is 58.9 Å². The van der Waals surface area contributed by atoms with E-state index in [1.165, 1.54) is 6.26 Å². The number of anilines is 1. The van der Waals surface area contributed by atoms with Gasteiger partial charge in [-0.1, -0.05) is 29.8 Å². The molecule has 0 atom stereocenters. The van der Waals surface area contributed by atoms with Crippen LogP contribution in [-0.4, -0.2) is 47.1 Å². The van der Waals surface area contributed by atoms with Gasteiger partial charge in [-0.25, -0.2) is 13.4 Å². The quantitative estimate of drug-likeness (QED) is 0.594. The molecule has 168 valence electrons. The van der Waals surface area contributed by atoms with Crippen LogP contribution >= 0.6 is 11.6 Å². The number of aromatic nitrogens is 2. The molecule has 2 aromatic carbocycles. The van der Waals surface area contributed by atoms with Crippen molar-refractivity contribution >= 4 is 44.1 Å². The molecule has 1 spiro atoms. The summed E-state index contributed by atoms with van der Waals surface area (Å²) in [6.45, 7) is 0.729. The number of carbonyl (C=O) groups excluding carboxylic acids is 1. The Hall–Kier alpha value is -2.42. The van der Waals surface area contributed by atoms with Crippen molar-refractivity contribution in [1.82, 2.24) is 9.55 Å². The van der Waals surface area contributed by atoms with E-state index in [0.29, 0.717) is 42.2 Å². The standard InChI is InChI=1S/C23H24ClN3O4S/c1-32(30,31)10-4-9-26-20-8-7-15(24)11-18(20)25-21(26)14-27-19-6-3-2-5-17(19)23(22(27)29)12-16(28)13-23/h2-3,5-8,11,16,28H,4,9-10,12-14H2,1H3/t16-,23-. The van der Waals surface area contributed by atoms with E-state index in [9.17, 15) is 18.3 Å². The van der Waals surface area contributed by atoms with Gasteiger partial charge in [-0.3, -0.25) is 4.79 Å². The van der Waals surface area contributed by atoms with Gasteiger partial charge in [0.1, 0.15) is 15.7 Å². The first kappa shape index (κ1) is 21.4. The highest BCUT2D eigenvalue weighted by atomic mass is 35.5. The fraction of sp³-hybridized carbons (Fsp3) is 0.391. The number of aryl methyl sites for hydroxylation is 1. The number of aliphatic hydroxyl groups is 1. The highest BCUT2D eigenvalue weighted by molar-refractivity contribution is 7.90. The van der Waals surface area contributed by atoms with E-state index in [1.54, 1.807) is 17.0 Å². The lowest BCUT2D eigenvalue weighted by Crippen LogP contribution is -2.51. The molecule has 1 saturated carbocycles. The predicted molar refractivity (Wildman–Crippen MR) is 124 cm³/mol. The van der Waals surface area contributed by atoms with Gasteiger partial charge >= 0.3 is 0 Å². The summed E-state index contributed by atoms with van der Waals surface area (Å²) in [6, 6.07) is 13.2. The summed E-state index contributed by atoms with van der Waals surface area (Å²) >= 11 is 6.17. The molecule has 5 rings (SSSR count). The normalized spacial score (nSPS) is 22.5. The maximum Gasteiger partial charge on any atom is 0.238 e. The van der Waals surface area contributed by atoms with Crippen molar-refractivity contribution in [2.45, 2.75) is 43.9 Å². The number of hydrogen-bond donors (Lipinski definition) is 1. The Labute approximate surface area is 191 Å². The van der Waals surface area contributed by atoms with Crippen LogP contribution in [0.5, 0.6) is 0 Å². The molecule has 1 N–H and O–H groups in total. The fourth-order valence-electron chi connectivity index (χ4n) is 5.04. The van der Waals surface area contributed by atoms with Crippen LogP contribution in [0.3, 0.4) is 0 Å². The Kier molecular flexibility index (Phi) is 5.07. The molecule has 1 aliphatic carbocycles. The van der Waals surface area contributed by atoms with Crippen LogP contribution in [0.1, 0.15) is 30.7 Å². The Balaban J connectivity index is 1.52. The van der Waals surface area contributed by atoms with Crippen molar-refractivity contribution in [2.75, 3.05) is 16.9 Å². The molecule has 1 fully saturated rings. The first-order valence-corrected chi connectivity index (χ1v) is 13.0. The van der Waals surface area contributed by atoms with Crippen molar-refractivity contribution in [3.63, 3.8) is 0 Å². The molecule has 32 heavy (non-hydrogen) atoms. The Morgan fingerprint density at radius 2 is 1.97 bits per heavy atom. The molecule has 2 aliphatic rings. The number of nitrogens with zero attached hydrogens (tertiary/aromatic N) is 3. The van der Waals surface area contributed by atoms with E-state index < -0.39 is 21.4 Å². The van der Waals surface area contributed by atoms with Gasteiger partial charge in [-0.05, 0) is 49.1 Å². The van der Waals surface area contributed by atoms with Gasteiger partial charge in [-0.15, -0.1) is 0 Å². The molecule has 9 heteroatoms. The summed E-state index contributed by atoms with van der Waals surface area (Å²) in [5, 5.41) is 10.5. The van der Waals surface area contributed by atoms with Crippen molar-refractivity contribution < 1.29 is 18.3 Å². The summed E-state index contributed by atoms with van der Waals surface area (Å²) in [5.74, 6) is 0.735. The number of halogens is 1. The smallest absolute Gasteiger partial charge is 0.238 e. The molecule has 0 radical (unpaired) electrons. The zero-order chi connectivity index (χ0) is 22.7. The third kappa shape index (κ3) is 3.50. The summed E-state index contributed by atoms with van der Waals surface area (Å²) in [7, 11) is -3.08. The van der Waals surface area contributed by atoms with Gasteiger partial charge in [0, 0.05) is 23.5 Å². The maximum absolute atomic E-state index is 13.5. The Bertz CT molecular complexity index is 1330. The van der Waals surface area contributed by atoms with Gasteiger partial charge in [-0.2, -0.15) is 0 Å². The third-order valence-electron chi connectivity index (χ3n) is 6.52. The van der Waals surface area contributed by atoms with E-state index in [2.05, 4.69) is 0 Å². The summed E-state index contributed by atoms with van der Waals surface area (Å²) < 4.78 is 25.2. The van der Waals surface area contributed by atoms with E-state index in [0.717, 1.165) is 16.8 Å². The molecule has 1 amide bonds. The van der Waals surface area contributed by atoms with Crippen molar-refractivity contribution in [3.8, 4) is 0 Å². The van der Waals surface area contributed by atoms with Crippen LogP contribution in [0, 0.1) is 0 Å². The Morgan fingerprint density at radius 1 is 1.22 bits per heavy atom. The average molecular weight is 474 g/mol. The highest BCUT2D eigenvalue weighted by Crippen LogP contribution is 2.53. The molecule has 1 aromatic heterocycles. The molecule has 0 saturated heterocycles. The van der Waals surface area contributed by atoms with Crippen molar-refractivity contribution in [1.29, 1.82) is 0 Å². The number of amides is 1.